The van der Waals surface area contributed by atoms with Gasteiger partial charge in [0.15, 0.2) is 5.65 Å². The Morgan fingerprint density at radius 1 is 1.31 bits per heavy atom. The van der Waals surface area contributed by atoms with Crippen LogP contribution in [0.5, 0.6) is 0 Å². The van der Waals surface area contributed by atoms with Crippen molar-refractivity contribution in [2.75, 3.05) is 12.4 Å². The number of H-pyrrole nitrogens is 2. The van der Waals surface area contributed by atoms with Crippen molar-refractivity contribution in [3.63, 3.8) is 0 Å². The summed E-state index contributed by atoms with van der Waals surface area (Å²) < 4.78 is 0. The van der Waals surface area contributed by atoms with Crippen LogP contribution in [-0.4, -0.2) is 32.2 Å². The van der Waals surface area contributed by atoms with Crippen molar-refractivity contribution >= 4 is 17.0 Å². The summed E-state index contributed by atoms with van der Waals surface area (Å²) in [6, 6.07) is 3.90. The normalized spacial score (nSPS) is 10.8. The summed E-state index contributed by atoms with van der Waals surface area (Å²) in [4.78, 5) is 11.8. The van der Waals surface area contributed by atoms with Gasteiger partial charge in [-0.1, -0.05) is 0 Å². The summed E-state index contributed by atoms with van der Waals surface area (Å²) in [5, 5.41) is 10.7. The van der Waals surface area contributed by atoms with Gasteiger partial charge in [-0.2, -0.15) is 10.1 Å². The zero-order valence-electron chi connectivity index (χ0n) is 8.65. The van der Waals surface area contributed by atoms with E-state index in [-0.39, 0.29) is 0 Å². The Kier molecular flexibility index (Phi) is 1.86. The Hall–Kier alpha value is -2.37. The van der Waals surface area contributed by atoms with E-state index in [0.717, 1.165) is 22.4 Å². The lowest BCUT2D eigenvalue weighted by atomic mass is 10.2. The first-order valence-electron chi connectivity index (χ1n) is 4.91. The lowest BCUT2D eigenvalue weighted by Gasteiger charge is -2.02. The molecular weight excluding hydrogens is 204 g/mol. The van der Waals surface area contributed by atoms with Crippen molar-refractivity contribution in [1.82, 2.24) is 25.1 Å². The van der Waals surface area contributed by atoms with Gasteiger partial charge >= 0.3 is 0 Å². The van der Waals surface area contributed by atoms with Gasteiger partial charge in [-0.05, 0) is 12.1 Å². The van der Waals surface area contributed by atoms with Gasteiger partial charge in [0.05, 0.1) is 17.3 Å². The molecule has 3 rings (SSSR count). The molecule has 0 saturated heterocycles. The van der Waals surface area contributed by atoms with Gasteiger partial charge in [-0.15, -0.1) is 0 Å². The van der Waals surface area contributed by atoms with Crippen LogP contribution in [0, 0.1) is 0 Å². The molecule has 0 bridgehead atoms. The van der Waals surface area contributed by atoms with Crippen LogP contribution in [-0.2, 0) is 0 Å². The van der Waals surface area contributed by atoms with E-state index >= 15 is 0 Å². The van der Waals surface area contributed by atoms with E-state index in [9.17, 15) is 0 Å². The minimum Gasteiger partial charge on any atom is -0.360 e. The smallest absolute Gasteiger partial charge is 0.225 e. The quantitative estimate of drug-likeness (QED) is 0.602. The topological polar surface area (TPSA) is 82.3 Å². The number of hydrogen-bond donors (Lipinski definition) is 3. The van der Waals surface area contributed by atoms with Crippen molar-refractivity contribution in [3.8, 4) is 11.4 Å². The molecule has 80 valence electrons. The van der Waals surface area contributed by atoms with Crippen LogP contribution in [0.3, 0.4) is 0 Å². The van der Waals surface area contributed by atoms with Crippen LogP contribution in [0.1, 0.15) is 0 Å². The molecule has 3 aromatic heterocycles. The van der Waals surface area contributed by atoms with Crippen LogP contribution < -0.4 is 5.32 Å². The highest BCUT2D eigenvalue weighted by Crippen LogP contribution is 2.24. The van der Waals surface area contributed by atoms with Gasteiger partial charge in [0, 0.05) is 13.2 Å². The molecule has 0 aromatic carbocycles. The van der Waals surface area contributed by atoms with Crippen LogP contribution >= 0.6 is 0 Å². The monoisotopic (exact) mass is 214 g/mol. The Morgan fingerprint density at radius 3 is 3.00 bits per heavy atom. The Bertz CT molecular complexity index is 609. The summed E-state index contributed by atoms with van der Waals surface area (Å²) in [5.74, 6) is 0.571. The van der Waals surface area contributed by atoms with Crippen molar-refractivity contribution in [1.29, 1.82) is 0 Å². The number of aromatic nitrogens is 5. The molecule has 3 aromatic rings. The second kappa shape index (κ2) is 3.34. The van der Waals surface area contributed by atoms with E-state index in [1.54, 1.807) is 13.2 Å². The molecular formula is C10H10N6. The maximum atomic E-state index is 4.42. The first-order valence-corrected chi connectivity index (χ1v) is 4.91. The number of nitrogens with zero attached hydrogens (tertiary/aromatic N) is 3. The van der Waals surface area contributed by atoms with Gasteiger partial charge < -0.3 is 10.3 Å². The molecule has 0 fully saturated rings. The third-order valence-corrected chi connectivity index (χ3v) is 2.39. The SMILES string of the molecule is CNc1nc(-c2ccc[nH]2)c2cn[nH]c2n1. The molecule has 16 heavy (non-hydrogen) atoms. The molecule has 3 N–H and O–H groups in total. The third kappa shape index (κ3) is 1.23. The molecule has 0 radical (unpaired) electrons. The molecule has 0 aliphatic heterocycles. The fourth-order valence-corrected chi connectivity index (χ4v) is 1.63. The Labute approximate surface area is 91.1 Å². The predicted octanol–water partition coefficient (Wildman–Crippen LogP) is 1.39. The molecule has 0 aliphatic carbocycles. The average Bonchev–Trinajstić information content (AvgIpc) is 2.98. The minimum absolute atomic E-state index is 0.571. The highest BCUT2D eigenvalue weighted by Gasteiger charge is 2.10. The average molecular weight is 214 g/mol. The van der Waals surface area contributed by atoms with E-state index in [1.165, 1.54) is 0 Å². The molecule has 0 aliphatic rings. The number of hydrogen-bond acceptors (Lipinski definition) is 4. The van der Waals surface area contributed by atoms with Gasteiger partial charge in [0.1, 0.15) is 5.69 Å². The zero-order valence-corrected chi connectivity index (χ0v) is 8.65. The molecule has 0 spiro atoms. The first-order chi connectivity index (χ1) is 7.88. The largest absolute Gasteiger partial charge is 0.360 e. The van der Waals surface area contributed by atoms with Crippen molar-refractivity contribution in [3.05, 3.63) is 24.5 Å². The summed E-state index contributed by atoms with van der Waals surface area (Å²) in [7, 11) is 1.79. The van der Waals surface area contributed by atoms with Gasteiger partial charge in [-0.3, -0.25) is 5.10 Å². The van der Waals surface area contributed by atoms with E-state index in [4.69, 9.17) is 0 Å². The highest BCUT2D eigenvalue weighted by molar-refractivity contribution is 5.89. The number of nitrogens with one attached hydrogen (secondary N) is 3. The van der Waals surface area contributed by atoms with Crippen molar-refractivity contribution in [2.24, 2.45) is 0 Å². The number of aromatic amines is 2. The van der Waals surface area contributed by atoms with E-state index in [0.29, 0.717) is 5.95 Å². The number of rotatable bonds is 2. The van der Waals surface area contributed by atoms with Crippen LogP contribution in [0.4, 0.5) is 5.95 Å². The third-order valence-electron chi connectivity index (χ3n) is 2.39. The molecule has 0 unspecified atom stereocenters. The fourth-order valence-electron chi connectivity index (χ4n) is 1.63. The second-order valence-corrected chi connectivity index (χ2v) is 3.36. The Balaban J connectivity index is 2.33. The first kappa shape index (κ1) is 8.90. The molecule has 6 nitrogen and oxygen atoms in total. The van der Waals surface area contributed by atoms with Gasteiger partial charge in [0.2, 0.25) is 5.95 Å². The maximum absolute atomic E-state index is 4.42. The van der Waals surface area contributed by atoms with Crippen molar-refractivity contribution < 1.29 is 0 Å². The van der Waals surface area contributed by atoms with E-state index in [1.807, 2.05) is 18.3 Å². The molecule has 3 heterocycles. The molecule has 0 saturated carbocycles. The van der Waals surface area contributed by atoms with Gasteiger partial charge in [0.25, 0.3) is 0 Å². The predicted molar refractivity (Wildman–Crippen MR) is 61.0 cm³/mol. The standard InChI is InChI=1S/C10H10N6/c1-11-10-14-8(7-3-2-4-12-7)6-5-13-16-9(6)15-10/h2-5,12H,1H3,(H2,11,13,14,15,16). The number of anilines is 1. The molecule has 0 amide bonds. The summed E-state index contributed by atoms with van der Waals surface area (Å²) >= 11 is 0. The summed E-state index contributed by atoms with van der Waals surface area (Å²) in [6.07, 6.45) is 3.59. The van der Waals surface area contributed by atoms with E-state index in [2.05, 4.69) is 30.5 Å². The van der Waals surface area contributed by atoms with Crippen LogP contribution in [0.2, 0.25) is 0 Å². The highest BCUT2D eigenvalue weighted by atomic mass is 15.2. The van der Waals surface area contributed by atoms with Crippen LogP contribution in [0.15, 0.2) is 24.5 Å². The fraction of sp³-hybridized carbons (Fsp3) is 0.100. The van der Waals surface area contributed by atoms with Crippen LogP contribution in [0.25, 0.3) is 22.4 Å². The lowest BCUT2D eigenvalue weighted by Crippen LogP contribution is -1.98. The summed E-state index contributed by atoms with van der Waals surface area (Å²) in [6.45, 7) is 0. The lowest BCUT2D eigenvalue weighted by molar-refractivity contribution is 1.09. The summed E-state index contributed by atoms with van der Waals surface area (Å²) in [5.41, 5.74) is 2.52. The minimum atomic E-state index is 0.571. The van der Waals surface area contributed by atoms with Gasteiger partial charge in [-0.25, -0.2) is 4.98 Å². The maximum Gasteiger partial charge on any atom is 0.225 e. The van der Waals surface area contributed by atoms with Crippen molar-refractivity contribution in [2.45, 2.75) is 0 Å². The Morgan fingerprint density at radius 2 is 2.25 bits per heavy atom. The molecule has 6 heteroatoms. The second-order valence-electron chi connectivity index (χ2n) is 3.36. The van der Waals surface area contributed by atoms with E-state index < -0.39 is 0 Å². The number of fused-ring (bicyclic) bond motifs is 1. The zero-order chi connectivity index (χ0) is 11.0. The molecule has 0 atom stereocenters.